The summed E-state index contributed by atoms with van der Waals surface area (Å²) >= 11 is 0. The van der Waals surface area contributed by atoms with E-state index in [4.69, 9.17) is 0 Å². The van der Waals surface area contributed by atoms with Crippen LogP contribution in [-0.4, -0.2) is 25.9 Å². The number of rotatable bonds is 6. The number of ether oxygens (including phenoxy) is 1. The van der Waals surface area contributed by atoms with Gasteiger partial charge in [0, 0.05) is 0 Å². The third kappa shape index (κ3) is 5.70. The summed E-state index contributed by atoms with van der Waals surface area (Å²) < 4.78 is 40.5. The summed E-state index contributed by atoms with van der Waals surface area (Å²) in [6.45, 7) is 1.38. The fraction of sp³-hybridized carbons (Fsp3) is 0.500. The van der Waals surface area contributed by atoms with Crippen LogP contribution in [0.3, 0.4) is 0 Å². The molecule has 0 amide bonds. The van der Waals surface area contributed by atoms with E-state index in [0.29, 0.717) is 6.54 Å². The van der Waals surface area contributed by atoms with Gasteiger partial charge in [-0.25, -0.2) is 0 Å². The van der Waals surface area contributed by atoms with Gasteiger partial charge in [0.25, 0.3) is 0 Å². The Morgan fingerprint density at radius 1 is 1.24 bits per heavy atom. The molecule has 0 bridgehead atoms. The zero-order valence-corrected chi connectivity index (χ0v) is 9.63. The fourth-order valence-corrected chi connectivity index (χ4v) is 1.50. The highest BCUT2D eigenvalue weighted by molar-refractivity contribution is 5.18. The van der Waals surface area contributed by atoms with Gasteiger partial charge in [0.15, 0.2) is 0 Å². The molecule has 1 aromatic rings. The van der Waals surface area contributed by atoms with Crippen LogP contribution in [0.15, 0.2) is 30.3 Å². The summed E-state index contributed by atoms with van der Waals surface area (Å²) in [4.78, 5) is 0. The monoisotopic (exact) mass is 247 g/mol. The van der Waals surface area contributed by atoms with Crippen molar-refractivity contribution in [2.24, 2.45) is 0 Å². The molecule has 1 rings (SSSR count). The Kier molecular flexibility index (Phi) is 5.44. The molecular weight excluding hydrogens is 231 g/mol. The van der Waals surface area contributed by atoms with Gasteiger partial charge in [0.05, 0.1) is 12.6 Å². The third-order valence-corrected chi connectivity index (χ3v) is 2.20. The molecule has 0 aliphatic rings. The van der Waals surface area contributed by atoms with Crippen LogP contribution in [0.25, 0.3) is 0 Å². The van der Waals surface area contributed by atoms with Crippen LogP contribution >= 0.6 is 0 Å². The Balaban J connectivity index is 2.50. The van der Waals surface area contributed by atoms with Gasteiger partial charge in [0.1, 0.15) is 6.61 Å². The molecule has 1 atom stereocenters. The van der Waals surface area contributed by atoms with E-state index < -0.39 is 12.8 Å². The highest BCUT2D eigenvalue weighted by Gasteiger charge is 2.28. The number of alkyl halides is 3. The Hall–Kier alpha value is -1.07. The first-order valence-electron chi connectivity index (χ1n) is 5.45. The van der Waals surface area contributed by atoms with Crippen LogP contribution < -0.4 is 5.32 Å². The predicted octanol–water partition coefficient (Wildman–Crippen LogP) is 2.92. The molecule has 2 nitrogen and oxygen atoms in total. The van der Waals surface area contributed by atoms with Crippen LogP contribution in [0.2, 0.25) is 0 Å². The lowest BCUT2D eigenvalue weighted by Crippen LogP contribution is -2.27. The highest BCUT2D eigenvalue weighted by Crippen LogP contribution is 2.17. The maximum absolute atomic E-state index is 11.9. The lowest BCUT2D eigenvalue weighted by molar-refractivity contribution is -0.175. The normalized spacial score (nSPS) is 13.6. The minimum atomic E-state index is -4.27. The van der Waals surface area contributed by atoms with E-state index in [9.17, 15) is 13.2 Å². The third-order valence-electron chi connectivity index (χ3n) is 2.20. The van der Waals surface area contributed by atoms with E-state index in [1.54, 1.807) is 0 Å². The number of halogens is 3. The van der Waals surface area contributed by atoms with E-state index in [0.717, 1.165) is 5.56 Å². The minimum Gasteiger partial charge on any atom is -0.370 e. The average molecular weight is 247 g/mol. The van der Waals surface area contributed by atoms with Crippen molar-refractivity contribution in [1.82, 2.24) is 5.32 Å². The Morgan fingerprint density at radius 2 is 1.88 bits per heavy atom. The maximum Gasteiger partial charge on any atom is 0.411 e. The molecule has 0 radical (unpaired) electrons. The number of likely N-dealkylation sites (N-methyl/N-ethyl adjacent to an activating group) is 1. The Bertz CT molecular complexity index is 313. The first-order chi connectivity index (χ1) is 8.03. The number of benzene rings is 1. The van der Waals surface area contributed by atoms with E-state index in [2.05, 4.69) is 10.1 Å². The SMILES string of the molecule is CCNC(COCC(F)(F)F)c1ccccc1. The molecule has 5 heteroatoms. The number of hydrogen-bond acceptors (Lipinski definition) is 2. The van der Waals surface area contributed by atoms with Gasteiger partial charge in [-0.1, -0.05) is 37.3 Å². The molecule has 0 aliphatic heterocycles. The molecule has 17 heavy (non-hydrogen) atoms. The Morgan fingerprint density at radius 3 is 2.41 bits per heavy atom. The lowest BCUT2D eigenvalue weighted by atomic mass is 10.1. The fourth-order valence-electron chi connectivity index (χ4n) is 1.50. The van der Waals surface area contributed by atoms with Gasteiger partial charge in [-0.3, -0.25) is 0 Å². The second-order valence-electron chi connectivity index (χ2n) is 3.65. The molecule has 0 heterocycles. The van der Waals surface area contributed by atoms with Gasteiger partial charge in [-0.15, -0.1) is 0 Å². The summed E-state index contributed by atoms with van der Waals surface area (Å²) in [6, 6.07) is 9.09. The van der Waals surface area contributed by atoms with Gasteiger partial charge >= 0.3 is 6.18 Å². The molecular formula is C12H16F3NO. The van der Waals surface area contributed by atoms with Crippen molar-refractivity contribution in [2.75, 3.05) is 19.8 Å². The average Bonchev–Trinajstić information content (AvgIpc) is 2.27. The van der Waals surface area contributed by atoms with Crippen molar-refractivity contribution < 1.29 is 17.9 Å². The molecule has 96 valence electrons. The highest BCUT2D eigenvalue weighted by atomic mass is 19.4. The van der Waals surface area contributed by atoms with E-state index >= 15 is 0 Å². The maximum atomic E-state index is 11.9. The first kappa shape index (κ1) is 14.0. The van der Waals surface area contributed by atoms with Gasteiger partial charge in [-0.05, 0) is 12.1 Å². The second kappa shape index (κ2) is 6.61. The van der Waals surface area contributed by atoms with Crippen LogP contribution in [0.4, 0.5) is 13.2 Å². The molecule has 1 N–H and O–H groups in total. The van der Waals surface area contributed by atoms with Crippen LogP contribution in [-0.2, 0) is 4.74 Å². The smallest absolute Gasteiger partial charge is 0.370 e. The summed E-state index contributed by atoms with van der Waals surface area (Å²) in [5, 5.41) is 3.09. The van der Waals surface area contributed by atoms with Crippen molar-refractivity contribution in [3.8, 4) is 0 Å². The molecule has 0 saturated heterocycles. The van der Waals surface area contributed by atoms with Crippen molar-refractivity contribution in [3.63, 3.8) is 0 Å². The summed E-state index contributed by atoms with van der Waals surface area (Å²) in [7, 11) is 0. The molecule has 0 fully saturated rings. The summed E-state index contributed by atoms with van der Waals surface area (Å²) in [5.41, 5.74) is 0.927. The van der Waals surface area contributed by atoms with Crippen molar-refractivity contribution in [3.05, 3.63) is 35.9 Å². The largest absolute Gasteiger partial charge is 0.411 e. The summed E-state index contributed by atoms with van der Waals surface area (Å²) in [5.74, 6) is 0. The number of hydrogen-bond donors (Lipinski definition) is 1. The van der Waals surface area contributed by atoms with E-state index in [1.807, 2.05) is 37.3 Å². The topological polar surface area (TPSA) is 21.3 Å². The van der Waals surface area contributed by atoms with Crippen LogP contribution in [0.1, 0.15) is 18.5 Å². The van der Waals surface area contributed by atoms with Crippen molar-refractivity contribution >= 4 is 0 Å². The molecule has 0 aliphatic carbocycles. The minimum absolute atomic E-state index is 0.0113. The zero-order valence-electron chi connectivity index (χ0n) is 9.63. The molecule has 0 spiro atoms. The van der Waals surface area contributed by atoms with E-state index in [1.165, 1.54) is 0 Å². The second-order valence-corrected chi connectivity index (χ2v) is 3.65. The van der Waals surface area contributed by atoms with E-state index in [-0.39, 0.29) is 12.6 Å². The molecule has 0 saturated carbocycles. The summed E-state index contributed by atoms with van der Waals surface area (Å²) in [6.07, 6.45) is -4.27. The van der Waals surface area contributed by atoms with Gasteiger partial charge < -0.3 is 10.1 Å². The molecule has 1 aromatic carbocycles. The van der Waals surface area contributed by atoms with Crippen LogP contribution in [0, 0.1) is 0 Å². The van der Waals surface area contributed by atoms with Crippen molar-refractivity contribution in [2.45, 2.75) is 19.1 Å². The molecule has 0 aromatic heterocycles. The zero-order chi connectivity index (χ0) is 12.7. The standard InChI is InChI=1S/C12H16F3NO/c1-2-16-11(8-17-9-12(13,14)15)10-6-4-3-5-7-10/h3-7,11,16H,2,8-9H2,1H3. The number of nitrogens with one attached hydrogen (secondary N) is 1. The first-order valence-corrected chi connectivity index (χ1v) is 5.45. The quantitative estimate of drug-likeness (QED) is 0.834. The van der Waals surface area contributed by atoms with Crippen LogP contribution in [0.5, 0.6) is 0 Å². The van der Waals surface area contributed by atoms with Crippen molar-refractivity contribution in [1.29, 1.82) is 0 Å². The molecule has 1 unspecified atom stereocenters. The predicted molar refractivity (Wildman–Crippen MR) is 59.7 cm³/mol. The lowest BCUT2D eigenvalue weighted by Gasteiger charge is -2.19. The van der Waals surface area contributed by atoms with Gasteiger partial charge in [-0.2, -0.15) is 13.2 Å². The van der Waals surface area contributed by atoms with Gasteiger partial charge in [0.2, 0.25) is 0 Å². The Labute approximate surface area is 98.8 Å².